The van der Waals surface area contributed by atoms with Gasteiger partial charge in [0.05, 0.1) is 19.6 Å². The van der Waals surface area contributed by atoms with E-state index in [4.69, 9.17) is 15.3 Å². The summed E-state index contributed by atoms with van der Waals surface area (Å²) in [6.45, 7) is -0.255. The van der Waals surface area contributed by atoms with Crippen LogP contribution in [0.25, 0.3) is 0 Å². The molecule has 0 heterocycles. The molecule has 0 saturated heterocycles. The standard InChI is InChI=1S/C13H18N2O5/c16-7-5-15(6-8-17)13(20)14-11-4-2-1-3-10(11)9-12(18)19/h1-4,16-17H,5-9H2,(H,14,20)(H,18,19). The number of para-hydroxylation sites is 1. The second-order valence-corrected chi connectivity index (χ2v) is 4.09. The number of amides is 2. The third-order valence-electron chi connectivity index (χ3n) is 2.63. The van der Waals surface area contributed by atoms with Crippen molar-refractivity contribution in [2.24, 2.45) is 0 Å². The normalized spacial score (nSPS) is 10.1. The lowest BCUT2D eigenvalue weighted by atomic mass is 10.1. The van der Waals surface area contributed by atoms with Gasteiger partial charge < -0.3 is 25.5 Å². The molecular weight excluding hydrogens is 264 g/mol. The van der Waals surface area contributed by atoms with E-state index in [1.54, 1.807) is 24.3 Å². The van der Waals surface area contributed by atoms with Crippen LogP contribution in [0.3, 0.4) is 0 Å². The van der Waals surface area contributed by atoms with Gasteiger partial charge in [-0.25, -0.2) is 4.79 Å². The molecule has 7 nitrogen and oxygen atoms in total. The molecule has 1 aromatic rings. The number of carbonyl (C=O) groups excluding carboxylic acids is 1. The van der Waals surface area contributed by atoms with Crippen LogP contribution in [0.4, 0.5) is 10.5 Å². The molecule has 0 aromatic heterocycles. The topological polar surface area (TPSA) is 110 Å². The lowest BCUT2D eigenvalue weighted by Crippen LogP contribution is -2.39. The largest absolute Gasteiger partial charge is 0.481 e. The number of anilines is 1. The Morgan fingerprint density at radius 3 is 2.25 bits per heavy atom. The summed E-state index contributed by atoms with van der Waals surface area (Å²) in [5.74, 6) is -0.991. The van der Waals surface area contributed by atoms with Gasteiger partial charge in [0.25, 0.3) is 0 Å². The van der Waals surface area contributed by atoms with Crippen molar-refractivity contribution >= 4 is 17.7 Å². The molecule has 0 spiro atoms. The van der Waals surface area contributed by atoms with E-state index >= 15 is 0 Å². The number of carboxylic acids is 1. The molecule has 1 rings (SSSR count). The van der Waals surface area contributed by atoms with Crippen molar-refractivity contribution in [2.75, 3.05) is 31.6 Å². The Bertz CT molecular complexity index is 458. The van der Waals surface area contributed by atoms with Crippen LogP contribution >= 0.6 is 0 Å². The van der Waals surface area contributed by atoms with Crippen LogP contribution in [0.2, 0.25) is 0 Å². The highest BCUT2D eigenvalue weighted by Crippen LogP contribution is 2.16. The zero-order valence-electron chi connectivity index (χ0n) is 11.0. The van der Waals surface area contributed by atoms with Gasteiger partial charge in [-0.3, -0.25) is 4.79 Å². The van der Waals surface area contributed by atoms with Crippen LogP contribution < -0.4 is 5.32 Å². The van der Waals surface area contributed by atoms with Crippen LogP contribution in [0.15, 0.2) is 24.3 Å². The Hall–Kier alpha value is -2.12. The highest BCUT2D eigenvalue weighted by Gasteiger charge is 2.14. The maximum Gasteiger partial charge on any atom is 0.322 e. The Balaban J connectivity index is 2.80. The molecule has 0 aliphatic heterocycles. The maximum absolute atomic E-state index is 12.0. The fourth-order valence-electron chi connectivity index (χ4n) is 1.71. The van der Waals surface area contributed by atoms with E-state index < -0.39 is 12.0 Å². The third-order valence-corrected chi connectivity index (χ3v) is 2.63. The first-order valence-corrected chi connectivity index (χ1v) is 6.15. The van der Waals surface area contributed by atoms with E-state index in [0.717, 1.165) is 0 Å². The molecule has 0 saturated carbocycles. The number of carbonyl (C=O) groups is 2. The highest BCUT2D eigenvalue weighted by atomic mass is 16.4. The molecule has 2 amide bonds. The number of hydrogen-bond acceptors (Lipinski definition) is 4. The number of aliphatic carboxylic acids is 1. The molecule has 7 heteroatoms. The predicted octanol–water partition coefficient (Wildman–Crippen LogP) is 0.132. The van der Waals surface area contributed by atoms with E-state index in [0.29, 0.717) is 11.3 Å². The number of rotatable bonds is 7. The highest BCUT2D eigenvalue weighted by molar-refractivity contribution is 5.91. The number of carboxylic acid groups (broad SMARTS) is 1. The Morgan fingerprint density at radius 1 is 1.10 bits per heavy atom. The molecular formula is C13H18N2O5. The molecule has 1 aromatic carbocycles. The second kappa shape index (κ2) is 8.13. The maximum atomic E-state index is 12.0. The second-order valence-electron chi connectivity index (χ2n) is 4.09. The molecule has 110 valence electrons. The van der Waals surface area contributed by atoms with Gasteiger partial charge in [-0.05, 0) is 11.6 Å². The molecule has 0 unspecified atom stereocenters. The molecule has 0 radical (unpaired) electrons. The number of urea groups is 1. The number of nitrogens with zero attached hydrogens (tertiary/aromatic N) is 1. The van der Waals surface area contributed by atoms with Crippen LogP contribution in [-0.4, -0.2) is 58.5 Å². The minimum Gasteiger partial charge on any atom is -0.481 e. The average molecular weight is 282 g/mol. The average Bonchev–Trinajstić information content (AvgIpc) is 2.40. The fraction of sp³-hybridized carbons (Fsp3) is 0.385. The van der Waals surface area contributed by atoms with E-state index in [1.165, 1.54) is 4.90 Å². The van der Waals surface area contributed by atoms with Crippen molar-refractivity contribution in [2.45, 2.75) is 6.42 Å². The van der Waals surface area contributed by atoms with Crippen molar-refractivity contribution in [3.05, 3.63) is 29.8 Å². The molecule has 0 aliphatic rings. The van der Waals surface area contributed by atoms with Gasteiger partial charge in [0.15, 0.2) is 0 Å². The van der Waals surface area contributed by atoms with Gasteiger partial charge in [-0.2, -0.15) is 0 Å². The lowest BCUT2D eigenvalue weighted by molar-refractivity contribution is -0.136. The Morgan fingerprint density at radius 2 is 1.70 bits per heavy atom. The summed E-state index contributed by atoms with van der Waals surface area (Å²) in [5, 5.41) is 29.1. The predicted molar refractivity (Wildman–Crippen MR) is 72.5 cm³/mol. The summed E-state index contributed by atoms with van der Waals surface area (Å²) in [5.41, 5.74) is 0.891. The zero-order chi connectivity index (χ0) is 15.0. The summed E-state index contributed by atoms with van der Waals surface area (Å²) in [4.78, 5) is 24.0. The van der Waals surface area contributed by atoms with Crippen LogP contribution in [-0.2, 0) is 11.2 Å². The van der Waals surface area contributed by atoms with E-state index in [9.17, 15) is 9.59 Å². The molecule has 0 fully saturated rings. The van der Waals surface area contributed by atoms with Gasteiger partial charge in [-0.15, -0.1) is 0 Å². The van der Waals surface area contributed by atoms with Crippen LogP contribution in [0, 0.1) is 0 Å². The van der Waals surface area contributed by atoms with E-state index in [-0.39, 0.29) is 32.7 Å². The Labute approximate surface area is 116 Å². The first kappa shape index (κ1) is 15.9. The van der Waals surface area contributed by atoms with Crippen molar-refractivity contribution in [1.29, 1.82) is 0 Å². The molecule has 20 heavy (non-hydrogen) atoms. The summed E-state index contributed by atoms with van der Waals surface area (Å²) >= 11 is 0. The minimum atomic E-state index is -0.991. The summed E-state index contributed by atoms with van der Waals surface area (Å²) in [7, 11) is 0. The molecule has 0 bridgehead atoms. The first-order chi connectivity index (χ1) is 9.58. The smallest absolute Gasteiger partial charge is 0.322 e. The zero-order valence-corrected chi connectivity index (χ0v) is 11.0. The summed E-state index contributed by atoms with van der Waals surface area (Å²) in [6.07, 6.45) is -0.198. The van der Waals surface area contributed by atoms with Gasteiger partial charge >= 0.3 is 12.0 Å². The minimum absolute atomic E-state index is 0.0908. The fourth-order valence-corrected chi connectivity index (χ4v) is 1.71. The summed E-state index contributed by atoms with van der Waals surface area (Å²) in [6, 6.07) is 6.10. The van der Waals surface area contributed by atoms with E-state index in [2.05, 4.69) is 5.32 Å². The van der Waals surface area contributed by atoms with Crippen LogP contribution in [0.1, 0.15) is 5.56 Å². The van der Waals surface area contributed by atoms with Crippen molar-refractivity contribution in [1.82, 2.24) is 4.90 Å². The van der Waals surface area contributed by atoms with Crippen molar-refractivity contribution < 1.29 is 24.9 Å². The number of benzene rings is 1. The van der Waals surface area contributed by atoms with Gasteiger partial charge in [0.2, 0.25) is 0 Å². The van der Waals surface area contributed by atoms with Gasteiger partial charge in [-0.1, -0.05) is 18.2 Å². The summed E-state index contributed by atoms with van der Waals surface area (Å²) < 4.78 is 0. The molecule has 0 atom stereocenters. The van der Waals surface area contributed by atoms with Crippen LogP contribution in [0.5, 0.6) is 0 Å². The molecule has 4 N–H and O–H groups in total. The third kappa shape index (κ3) is 4.87. The molecule has 0 aliphatic carbocycles. The number of hydrogen-bond donors (Lipinski definition) is 4. The van der Waals surface area contributed by atoms with Crippen molar-refractivity contribution in [3.63, 3.8) is 0 Å². The van der Waals surface area contributed by atoms with E-state index in [1.807, 2.05) is 0 Å². The van der Waals surface area contributed by atoms with Crippen molar-refractivity contribution in [3.8, 4) is 0 Å². The van der Waals surface area contributed by atoms with Gasteiger partial charge in [0, 0.05) is 18.8 Å². The number of aliphatic hydroxyl groups is 2. The van der Waals surface area contributed by atoms with Gasteiger partial charge in [0.1, 0.15) is 0 Å². The quantitative estimate of drug-likeness (QED) is 0.568. The number of aliphatic hydroxyl groups excluding tert-OH is 2. The monoisotopic (exact) mass is 282 g/mol. The lowest BCUT2D eigenvalue weighted by Gasteiger charge is -2.21. The SMILES string of the molecule is O=C(O)Cc1ccccc1NC(=O)N(CCO)CCO. The Kier molecular flexibility index (Phi) is 6.48. The first-order valence-electron chi connectivity index (χ1n) is 6.15. The number of nitrogens with one attached hydrogen (secondary N) is 1.